The molecule has 1 heterocycles. The van der Waals surface area contributed by atoms with Crippen molar-refractivity contribution in [2.45, 2.75) is 25.8 Å². The van der Waals surface area contributed by atoms with Crippen molar-refractivity contribution in [3.05, 3.63) is 57.9 Å². The number of carbonyl (C=O) groups is 1. The van der Waals surface area contributed by atoms with Crippen LogP contribution in [0.4, 0.5) is 10.1 Å². The van der Waals surface area contributed by atoms with Gasteiger partial charge in [0.25, 0.3) is 0 Å². The van der Waals surface area contributed by atoms with Gasteiger partial charge < -0.3 is 15.8 Å². The van der Waals surface area contributed by atoms with E-state index in [1.54, 1.807) is 30.3 Å². The number of fused-ring (bicyclic) bond motifs is 1. The molecule has 25 heavy (non-hydrogen) atoms. The number of halogens is 2. The summed E-state index contributed by atoms with van der Waals surface area (Å²) in [5.74, 6) is -0.0866. The summed E-state index contributed by atoms with van der Waals surface area (Å²) in [4.78, 5) is 12.6. The summed E-state index contributed by atoms with van der Waals surface area (Å²) < 4.78 is 20.3. The maximum atomic E-state index is 14.8. The molecule has 0 fully saturated rings. The van der Waals surface area contributed by atoms with E-state index >= 15 is 0 Å². The number of ketones is 1. The maximum Gasteiger partial charge on any atom is 0.167 e. The lowest BCUT2D eigenvalue weighted by Crippen LogP contribution is -2.18. The molecule has 0 saturated carbocycles. The van der Waals surface area contributed by atoms with Crippen molar-refractivity contribution in [1.82, 2.24) is 0 Å². The third-order valence-electron chi connectivity index (χ3n) is 4.37. The van der Waals surface area contributed by atoms with E-state index in [9.17, 15) is 9.18 Å². The lowest BCUT2D eigenvalue weighted by atomic mass is 9.97. The van der Waals surface area contributed by atoms with E-state index in [0.717, 1.165) is 12.2 Å². The standard InChI is InChI=1S/C19H20ClFN2O2/c1-2-15(22)12-4-5-14(20)13(19(12)21)10-17(24)11-3-6-16-18(9-11)25-8-7-23-16/h3-6,9,15,23H,2,7-8,10,22H2,1H3. The third kappa shape index (κ3) is 3.62. The highest BCUT2D eigenvalue weighted by Gasteiger charge is 2.20. The van der Waals surface area contributed by atoms with Crippen molar-refractivity contribution in [2.75, 3.05) is 18.5 Å². The molecule has 1 unspecified atom stereocenters. The minimum Gasteiger partial charge on any atom is -0.490 e. The first kappa shape index (κ1) is 17.7. The van der Waals surface area contributed by atoms with Gasteiger partial charge in [-0.3, -0.25) is 4.79 Å². The Labute approximate surface area is 151 Å². The van der Waals surface area contributed by atoms with Crippen LogP contribution in [0.1, 0.15) is 40.9 Å². The molecule has 3 N–H and O–H groups in total. The number of hydrogen-bond donors (Lipinski definition) is 2. The van der Waals surface area contributed by atoms with E-state index in [4.69, 9.17) is 22.1 Å². The number of hydrogen-bond acceptors (Lipinski definition) is 4. The highest BCUT2D eigenvalue weighted by molar-refractivity contribution is 6.31. The number of rotatable bonds is 5. The number of nitrogens with two attached hydrogens (primary N) is 1. The Hall–Kier alpha value is -2.11. The molecular weight excluding hydrogens is 343 g/mol. The molecule has 2 aromatic rings. The molecule has 0 aliphatic carbocycles. The van der Waals surface area contributed by atoms with Gasteiger partial charge in [-0.05, 0) is 30.7 Å². The number of nitrogens with one attached hydrogen (secondary N) is 1. The second-order valence-electron chi connectivity index (χ2n) is 6.03. The Balaban J connectivity index is 1.88. The predicted molar refractivity (Wildman–Crippen MR) is 97.1 cm³/mol. The number of ether oxygens (including phenoxy) is 1. The quantitative estimate of drug-likeness (QED) is 0.785. The monoisotopic (exact) mass is 362 g/mol. The lowest BCUT2D eigenvalue weighted by Gasteiger charge is -2.19. The van der Waals surface area contributed by atoms with Crippen LogP contribution in [0.5, 0.6) is 5.75 Å². The Morgan fingerprint density at radius 1 is 1.40 bits per heavy atom. The molecule has 6 heteroatoms. The van der Waals surface area contributed by atoms with Crippen molar-refractivity contribution in [2.24, 2.45) is 5.73 Å². The van der Waals surface area contributed by atoms with Gasteiger partial charge >= 0.3 is 0 Å². The summed E-state index contributed by atoms with van der Waals surface area (Å²) in [6.45, 7) is 3.15. The minimum atomic E-state index is -0.494. The lowest BCUT2D eigenvalue weighted by molar-refractivity contribution is 0.0991. The Bertz CT molecular complexity index is 810. The largest absolute Gasteiger partial charge is 0.490 e. The molecule has 4 nitrogen and oxygen atoms in total. The summed E-state index contributed by atoms with van der Waals surface area (Å²) in [7, 11) is 0. The molecule has 0 amide bonds. The van der Waals surface area contributed by atoms with Gasteiger partial charge in [0.15, 0.2) is 5.78 Å². The maximum absolute atomic E-state index is 14.8. The normalized spacial score (nSPS) is 14.2. The van der Waals surface area contributed by atoms with Crippen LogP contribution in [-0.2, 0) is 6.42 Å². The van der Waals surface area contributed by atoms with E-state index in [1.165, 1.54) is 0 Å². The second kappa shape index (κ2) is 7.42. The smallest absolute Gasteiger partial charge is 0.167 e. The molecule has 1 aliphatic heterocycles. The van der Waals surface area contributed by atoms with Crippen LogP contribution < -0.4 is 15.8 Å². The first-order chi connectivity index (χ1) is 12.0. The van der Waals surface area contributed by atoms with Crippen molar-refractivity contribution in [1.29, 1.82) is 0 Å². The number of carbonyl (C=O) groups excluding carboxylic acids is 1. The first-order valence-corrected chi connectivity index (χ1v) is 8.65. The van der Waals surface area contributed by atoms with Gasteiger partial charge in [0, 0.05) is 40.7 Å². The zero-order valence-electron chi connectivity index (χ0n) is 13.9. The highest BCUT2D eigenvalue weighted by Crippen LogP contribution is 2.31. The molecule has 1 aliphatic rings. The van der Waals surface area contributed by atoms with Gasteiger partial charge in [-0.2, -0.15) is 0 Å². The summed E-state index contributed by atoms with van der Waals surface area (Å²) in [5.41, 5.74) is 7.82. The summed E-state index contributed by atoms with van der Waals surface area (Å²) in [5, 5.41) is 3.42. The van der Waals surface area contributed by atoms with Gasteiger partial charge in [-0.25, -0.2) is 4.39 Å². The molecule has 0 radical (unpaired) electrons. The van der Waals surface area contributed by atoms with Crippen molar-refractivity contribution < 1.29 is 13.9 Å². The summed E-state index contributed by atoms with van der Waals surface area (Å²) >= 11 is 6.13. The van der Waals surface area contributed by atoms with E-state index in [2.05, 4.69) is 5.32 Å². The van der Waals surface area contributed by atoms with Crippen molar-refractivity contribution in [3.8, 4) is 5.75 Å². The number of anilines is 1. The van der Waals surface area contributed by atoms with Gasteiger partial charge in [-0.15, -0.1) is 0 Å². The molecule has 132 valence electrons. The van der Waals surface area contributed by atoms with Crippen LogP contribution in [0.3, 0.4) is 0 Å². The van der Waals surface area contributed by atoms with Crippen LogP contribution in [0, 0.1) is 5.82 Å². The molecule has 3 rings (SSSR count). The summed E-state index contributed by atoms with van der Waals surface area (Å²) in [6.07, 6.45) is 0.474. The average Bonchev–Trinajstić information content (AvgIpc) is 2.64. The third-order valence-corrected chi connectivity index (χ3v) is 4.73. The zero-order valence-corrected chi connectivity index (χ0v) is 14.7. The average molecular weight is 363 g/mol. The Kier molecular flexibility index (Phi) is 5.25. The van der Waals surface area contributed by atoms with E-state index in [1.807, 2.05) is 6.92 Å². The van der Waals surface area contributed by atoms with Crippen LogP contribution >= 0.6 is 11.6 Å². The Morgan fingerprint density at radius 2 is 2.20 bits per heavy atom. The number of Topliss-reactive ketones (excluding diaryl/α,β-unsaturated/α-hetero) is 1. The number of benzene rings is 2. The van der Waals surface area contributed by atoms with Crippen LogP contribution in [0.25, 0.3) is 0 Å². The molecule has 0 aromatic heterocycles. The van der Waals surface area contributed by atoms with Crippen LogP contribution in [0.15, 0.2) is 30.3 Å². The fourth-order valence-corrected chi connectivity index (χ4v) is 3.07. The van der Waals surface area contributed by atoms with Crippen LogP contribution in [-0.4, -0.2) is 18.9 Å². The second-order valence-corrected chi connectivity index (χ2v) is 6.44. The Morgan fingerprint density at radius 3 is 2.96 bits per heavy atom. The molecule has 1 atom stereocenters. The van der Waals surface area contributed by atoms with Gasteiger partial charge in [0.1, 0.15) is 18.2 Å². The predicted octanol–water partition coefficient (Wildman–Crippen LogP) is 4.12. The topological polar surface area (TPSA) is 64.4 Å². The summed E-state index contributed by atoms with van der Waals surface area (Å²) in [6, 6.07) is 7.93. The van der Waals surface area contributed by atoms with E-state index in [-0.39, 0.29) is 22.8 Å². The fraction of sp³-hybridized carbons (Fsp3) is 0.316. The first-order valence-electron chi connectivity index (χ1n) is 8.27. The van der Waals surface area contributed by atoms with Crippen molar-refractivity contribution >= 4 is 23.1 Å². The molecule has 0 bridgehead atoms. The van der Waals surface area contributed by atoms with Crippen molar-refractivity contribution in [3.63, 3.8) is 0 Å². The minimum absolute atomic E-state index is 0.124. The van der Waals surface area contributed by atoms with Gasteiger partial charge in [0.05, 0.1) is 5.69 Å². The SMILES string of the molecule is CCC(N)c1ccc(Cl)c(CC(=O)c2ccc3c(c2)OCCN3)c1F. The van der Waals surface area contributed by atoms with E-state index in [0.29, 0.717) is 29.9 Å². The molecular formula is C19H20ClFN2O2. The van der Waals surface area contributed by atoms with E-state index < -0.39 is 11.9 Å². The van der Waals surface area contributed by atoms with Crippen LogP contribution in [0.2, 0.25) is 5.02 Å². The molecule has 2 aromatic carbocycles. The highest BCUT2D eigenvalue weighted by atomic mass is 35.5. The fourth-order valence-electron chi connectivity index (χ4n) is 2.85. The zero-order chi connectivity index (χ0) is 18.0. The van der Waals surface area contributed by atoms with Gasteiger partial charge in [-0.1, -0.05) is 24.6 Å². The molecule has 0 spiro atoms. The molecule has 0 saturated heterocycles. The van der Waals surface area contributed by atoms with Gasteiger partial charge in [0.2, 0.25) is 0 Å².